The van der Waals surface area contributed by atoms with Gasteiger partial charge in [0.15, 0.2) is 0 Å². The quantitative estimate of drug-likeness (QED) is 0.866. The molecular weight excluding hydrogens is 248 g/mol. The van der Waals surface area contributed by atoms with E-state index in [2.05, 4.69) is 36.9 Å². The Kier molecular flexibility index (Phi) is 5.99. The summed E-state index contributed by atoms with van der Waals surface area (Å²) in [4.78, 5) is 7.19. The highest BCUT2D eigenvalue weighted by atomic mass is 16.3. The van der Waals surface area contributed by atoms with Gasteiger partial charge in [-0.25, -0.2) is 0 Å². The molecule has 0 spiro atoms. The summed E-state index contributed by atoms with van der Waals surface area (Å²) in [5, 5.41) is 9.33. The minimum Gasteiger partial charge on any atom is -0.395 e. The third kappa shape index (κ3) is 4.29. The molecule has 112 valence electrons. The molecule has 1 N–H and O–H groups in total. The Morgan fingerprint density at radius 3 is 2.65 bits per heavy atom. The van der Waals surface area contributed by atoms with Gasteiger partial charge in [0.1, 0.15) is 0 Å². The van der Waals surface area contributed by atoms with Crippen LogP contribution in [0.25, 0.3) is 0 Å². The molecule has 1 saturated carbocycles. The van der Waals surface area contributed by atoms with Crippen LogP contribution in [-0.4, -0.2) is 34.2 Å². The summed E-state index contributed by atoms with van der Waals surface area (Å²) in [7, 11) is 0. The normalized spacial score (nSPS) is 17.1. The van der Waals surface area contributed by atoms with Crippen LogP contribution in [0.1, 0.15) is 63.3 Å². The Morgan fingerprint density at radius 1 is 1.25 bits per heavy atom. The summed E-state index contributed by atoms with van der Waals surface area (Å²) < 4.78 is 0. The van der Waals surface area contributed by atoms with Crippen LogP contribution in [0.3, 0.4) is 0 Å². The monoisotopic (exact) mass is 276 g/mol. The number of aromatic nitrogens is 1. The minimum absolute atomic E-state index is 0.236. The molecule has 0 saturated heterocycles. The van der Waals surface area contributed by atoms with E-state index in [0.717, 1.165) is 24.5 Å². The Balaban J connectivity index is 2.04. The minimum atomic E-state index is 0.236. The van der Waals surface area contributed by atoms with Gasteiger partial charge in [-0.3, -0.25) is 9.88 Å². The number of hydrogen-bond donors (Lipinski definition) is 1. The van der Waals surface area contributed by atoms with Gasteiger partial charge in [0, 0.05) is 24.8 Å². The van der Waals surface area contributed by atoms with Crippen LogP contribution in [-0.2, 0) is 6.54 Å². The molecule has 1 aliphatic rings. The van der Waals surface area contributed by atoms with Gasteiger partial charge >= 0.3 is 0 Å². The van der Waals surface area contributed by atoms with Crippen LogP contribution < -0.4 is 0 Å². The molecule has 1 aromatic heterocycles. The summed E-state index contributed by atoms with van der Waals surface area (Å²) in [5.74, 6) is 0.468. The fourth-order valence-electron chi connectivity index (χ4n) is 3.08. The third-order valence-corrected chi connectivity index (χ3v) is 4.26. The predicted octanol–water partition coefficient (Wildman–Crippen LogP) is 3.33. The number of aliphatic hydroxyl groups excluding tert-OH is 1. The molecule has 20 heavy (non-hydrogen) atoms. The zero-order valence-electron chi connectivity index (χ0n) is 12.9. The molecule has 0 amide bonds. The molecule has 1 fully saturated rings. The molecule has 0 bridgehead atoms. The van der Waals surface area contributed by atoms with Crippen LogP contribution in [0.4, 0.5) is 0 Å². The first-order valence-corrected chi connectivity index (χ1v) is 8.01. The average Bonchev–Trinajstić information content (AvgIpc) is 2.48. The molecule has 0 aliphatic heterocycles. The molecule has 0 unspecified atom stereocenters. The Hall–Kier alpha value is -0.930. The highest BCUT2D eigenvalue weighted by molar-refractivity contribution is 5.14. The zero-order valence-corrected chi connectivity index (χ0v) is 12.9. The van der Waals surface area contributed by atoms with Gasteiger partial charge in [-0.15, -0.1) is 0 Å². The number of pyridine rings is 1. The summed E-state index contributed by atoms with van der Waals surface area (Å²) >= 11 is 0. The third-order valence-electron chi connectivity index (χ3n) is 4.26. The van der Waals surface area contributed by atoms with Gasteiger partial charge in [-0.2, -0.15) is 0 Å². The largest absolute Gasteiger partial charge is 0.395 e. The van der Waals surface area contributed by atoms with Crippen molar-refractivity contribution in [3.63, 3.8) is 0 Å². The molecule has 0 aromatic carbocycles. The topological polar surface area (TPSA) is 36.4 Å². The SMILES string of the molecule is CC(C)c1cccc(CN(CCO)C2CCCCC2)n1. The van der Waals surface area contributed by atoms with E-state index in [4.69, 9.17) is 4.98 Å². The molecule has 1 aliphatic carbocycles. The Labute approximate surface area is 123 Å². The Bertz CT molecular complexity index is 400. The first kappa shape index (κ1) is 15.5. The summed E-state index contributed by atoms with van der Waals surface area (Å²) in [5.41, 5.74) is 2.30. The smallest absolute Gasteiger partial charge is 0.0558 e. The average molecular weight is 276 g/mol. The first-order chi connectivity index (χ1) is 9.70. The van der Waals surface area contributed by atoms with E-state index in [1.165, 1.54) is 32.1 Å². The van der Waals surface area contributed by atoms with Crippen molar-refractivity contribution in [1.29, 1.82) is 0 Å². The van der Waals surface area contributed by atoms with Gasteiger partial charge < -0.3 is 5.11 Å². The number of rotatable bonds is 6. The van der Waals surface area contributed by atoms with E-state index in [0.29, 0.717) is 12.0 Å². The van der Waals surface area contributed by atoms with Crippen molar-refractivity contribution >= 4 is 0 Å². The lowest BCUT2D eigenvalue weighted by atomic mass is 9.94. The van der Waals surface area contributed by atoms with Crippen LogP contribution >= 0.6 is 0 Å². The predicted molar refractivity (Wildman–Crippen MR) is 82.7 cm³/mol. The second-order valence-electron chi connectivity index (χ2n) is 6.19. The van der Waals surface area contributed by atoms with E-state index in [1.807, 2.05) is 0 Å². The van der Waals surface area contributed by atoms with Crippen LogP contribution in [0, 0.1) is 0 Å². The zero-order chi connectivity index (χ0) is 14.4. The van der Waals surface area contributed by atoms with Gasteiger partial charge in [-0.05, 0) is 30.9 Å². The van der Waals surface area contributed by atoms with Crippen molar-refractivity contribution in [3.05, 3.63) is 29.6 Å². The molecule has 3 heteroatoms. The standard InChI is InChI=1S/C17H28N2O/c1-14(2)17-10-6-7-15(18-17)13-19(11-12-20)16-8-4-3-5-9-16/h6-7,10,14,16,20H,3-5,8-9,11-13H2,1-2H3. The Morgan fingerprint density at radius 2 is 2.00 bits per heavy atom. The van der Waals surface area contributed by atoms with Crippen molar-refractivity contribution in [1.82, 2.24) is 9.88 Å². The lowest BCUT2D eigenvalue weighted by molar-refractivity contribution is 0.116. The van der Waals surface area contributed by atoms with Crippen molar-refractivity contribution in [2.24, 2.45) is 0 Å². The molecule has 0 atom stereocenters. The molecule has 1 aromatic rings. The van der Waals surface area contributed by atoms with Crippen LogP contribution in [0.15, 0.2) is 18.2 Å². The van der Waals surface area contributed by atoms with E-state index < -0.39 is 0 Å². The van der Waals surface area contributed by atoms with Crippen LogP contribution in [0.5, 0.6) is 0 Å². The van der Waals surface area contributed by atoms with Gasteiger partial charge in [0.2, 0.25) is 0 Å². The molecule has 0 radical (unpaired) electrons. The lowest BCUT2D eigenvalue weighted by Gasteiger charge is -2.33. The van der Waals surface area contributed by atoms with E-state index in [-0.39, 0.29) is 6.61 Å². The summed E-state index contributed by atoms with van der Waals surface area (Å²) in [6, 6.07) is 6.94. The molecule has 1 heterocycles. The second kappa shape index (κ2) is 7.75. The highest BCUT2D eigenvalue weighted by Crippen LogP contribution is 2.24. The second-order valence-corrected chi connectivity index (χ2v) is 6.19. The van der Waals surface area contributed by atoms with Crippen molar-refractivity contribution in [3.8, 4) is 0 Å². The maximum absolute atomic E-state index is 9.33. The maximum atomic E-state index is 9.33. The van der Waals surface area contributed by atoms with Crippen molar-refractivity contribution < 1.29 is 5.11 Å². The van der Waals surface area contributed by atoms with Crippen LogP contribution in [0.2, 0.25) is 0 Å². The molecular formula is C17H28N2O. The number of aliphatic hydroxyl groups is 1. The summed E-state index contributed by atoms with van der Waals surface area (Å²) in [6.45, 7) is 6.22. The lowest BCUT2D eigenvalue weighted by Crippen LogP contribution is -2.38. The number of nitrogens with zero attached hydrogens (tertiary/aromatic N) is 2. The van der Waals surface area contributed by atoms with E-state index in [1.54, 1.807) is 0 Å². The number of hydrogen-bond acceptors (Lipinski definition) is 3. The van der Waals surface area contributed by atoms with Gasteiger partial charge in [-0.1, -0.05) is 39.2 Å². The van der Waals surface area contributed by atoms with Crippen molar-refractivity contribution in [2.45, 2.75) is 64.5 Å². The highest BCUT2D eigenvalue weighted by Gasteiger charge is 2.21. The van der Waals surface area contributed by atoms with Gasteiger partial charge in [0.05, 0.1) is 12.3 Å². The summed E-state index contributed by atoms with van der Waals surface area (Å²) in [6.07, 6.45) is 6.55. The van der Waals surface area contributed by atoms with E-state index in [9.17, 15) is 5.11 Å². The fourth-order valence-corrected chi connectivity index (χ4v) is 3.08. The van der Waals surface area contributed by atoms with Gasteiger partial charge in [0.25, 0.3) is 0 Å². The fraction of sp³-hybridized carbons (Fsp3) is 0.706. The first-order valence-electron chi connectivity index (χ1n) is 8.01. The molecule has 2 rings (SSSR count). The molecule has 3 nitrogen and oxygen atoms in total. The van der Waals surface area contributed by atoms with E-state index >= 15 is 0 Å². The van der Waals surface area contributed by atoms with Crippen molar-refractivity contribution in [2.75, 3.05) is 13.2 Å². The maximum Gasteiger partial charge on any atom is 0.0558 e.